The number of ether oxygens (including phenoxy) is 1. The van der Waals surface area contributed by atoms with Crippen LogP contribution in [0.3, 0.4) is 0 Å². The molecule has 3 fully saturated rings. The van der Waals surface area contributed by atoms with Gasteiger partial charge in [-0.2, -0.15) is 0 Å². The zero-order chi connectivity index (χ0) is 25.9. The lowest BCUT2D eigenvalue weighted by molar-refractivity contribution is -0.187. The average Bonchev–Trinajstić information content (AvgIpc) is 3.13. The maximum Gasteiger partial charge on any atom is 0.303 e. The van der Waals surface area contributed by atoms with Gasteiger partial charge >= 0.3 is 5.97 Å². The first-order chi connectivity index (χ1) is 17.0. The molecule has 1 aromatic rings. The largest absolute Gasteiger partial charge is 0.451 e. The molecule has 1 aromatic carbocycles. The first kappa shape index (κ1) is 25.2. The van der Waals surface area contributed by atoms with Crippen LogP contribution in [0.5, 0.6) is 0 Å². The summed E-state index contributed by atoms with van der Waals surface area (Å²) in [5, 5.41) is 0. The molecule has 0 unspecified atom stereocenters. The zero-order valence-corrected chi connectivity index (χ0v) is 22.5. The summed E-state index contributed by atoms with van der Waals surface area (Å²) in [5.74, 6) is 1.46. The molecule has 0 radical (unpaired) electrons. The summed E-state index contributed by atoms with van der Waals surface area (Å²) in [4.78, 5) is 40.2. The molecular formula is C31H41NO4. The number of nitrogens with zero attached hydrogens (tertiary/aromatic N) is 1. The van der Waals surface area contributed by atoms with Crippen LogP contribution >= 0.6 is 0 Å². The zero-order valence-electron chi connectivity index (χ0n) is 22.5. The van der Waals surface area contributed by atoms with Crippen LogP contribution in [0, 0.1) is 34.5 Å². The van der Waals surface area contributed by atoms with Crippen LogP contribution in [0.1, 0.15) is 72.6 Å². The van der Waals surface area contributed by atoms with Crippen LogP contribution in [-0.2, 0) is 19.1 Å². The number of hydrogen-bond donors (Lipinski definition) is 0. The van der Waals surface area contributed by atoms with Gasteiger partial charge in [-0.05, 0) is 92.7 Å². The summed E-state index contributed by atoms with van der Waals surface area (Å²) in [6.07, 6.45) is 7.98. The summed E-state index contributed by atoms with van der Waals surface area (Å²) < 4.78 is 5.95. The fourth-order valence-electron chi connectivity index (χ4n) is 9.14. The van der Waals surface area contributed by atoms with Gasteiger partial charge in [0.2, 0.25) is 0 Å². The number of para-hydroxylation sites is 1. The molecule has 0 heterocycles. The highest BCUT2D eigenvalue weighted by Crippen LogP contribution is 2.69. The normalized spacial score (nSPS) is 39.4. The second-order valence-corrected chi connectivity index (χ2v) is 12.5. The Morgan fingerprint density at radius 2 is 1.72 bits per heavy atom. The number of carbonyl (C=O) groups excluding carboxylic acids is 3. The molecule has 0 amide bonds. The minimum absolute atomic E-state index is 0.00323. The summed E-state index contributed by atoms with van der Waals surface area (Å²) in [6.45, 7) is 8.53. The highest BCUT2D eigenvalue weighted by molar-refractivity contribution is 5.92. The predicted molar refractivity (Wildman–Crippen MR) is 140 cm³/mol. The van der Waals surface area contributed by atoms with Crippen molar-refractivity contribution in [1.82, 2.24) is 0 Å². The molecule has 3 saturated carbocycles. The molecule has 0 aromatic heterocycles. The third-order valence-corrected chi connectivity index (χ3v) is 10.8. The van der Waals surface area contributed by atoms with Crippen molar-refractivity contribution >= 4 is 23.2 Å². The summed E-state index contributed by atoms with van der Waals surface area (Å²) in [6, 6.07) is 10.4. The number of esters is 1. The Labute approximate surface area is 215 Å². The van der Waals surface area contributed by atoms with Crippen LogP contribution in [0.2, 0.25) is 0 Å². The summed E-state index contributed by atoms with van der Waals surface area (Å²) in [7, 11) is 2.14. The number of Topliss-reactive ketones (excluding diaryl/α,β-unsaturated/α-hetero) is 1. The highest BCUT2D eigenvalue weighted by Gasteiger charge is 2.68. The lowest BCUT2D eigenvalue weighted by atomic mass is 9.44. The van der Waals surface area contributed by atoms with Crippen molar-refractivity contribution in [2.75, 3.05) is 18.5 Å². The third kappa shape index (κ3) is 3.68. The molecule has 5 rings (SSSR count). The topological polar surface area (TPSA) is 63.7 Å². The van der Waals surface area contributed by atoms with Gasteiger partial charge in [-0.15, -0.1) is 0 Å². The van der Waals surface area contributed by atoms with E-state index in [1.807, 2.05) is 12.1 Å². The van der Waals surface area contributed by atoms with Crippen molar-refractivity contribution in [2.24, 2.45) is 34.5 Å². The van der Waals surface area contributed by atoms with E-state index >= 15 is 0 Å². The Kier molecular flexibility index (Phi) is 6.20. The predicted octanol–water partition coefficient (Wildman–Crippen LogP) is 5.77. The second kappa shape index (κ2) is 8.85. The molecule has 0 saturated heterocycles. The van der Waals surface area contributed by atoms with Gasteiger partial charge in [-0.3, -0.25) is 14.4 Å². The summed E-state index contributed by atoms with van der Waals surface area (Å²) in [5.41, 5.74) is 1.18. The van der Waals surface area contributed by atoms with Crippen molar-refractivity contribution < 1.29 is 19.1 Å². The molecule has 0 spiro atoms. The maximum atomic E-state index is 13.1. The van der Waals surface area contributed by atoms with Crippen LogP contribution in [0.25, 0.3) is 0 Å². The minimum atomic E-state index is -1.01. The van der Waals surface area contributed by atoms with E-state index in [9.17, 15) is 14.4 Å². The quantitative estimate of drug-likeness (QED) is 0.489. The number of fused-ring (bicyclic) bond motifs is 5. The lowest BCUT2D eigenvalue weighted by Gasteiger charge is -2.61. The Morgan fingerprint density at radius 3 is 2.39 bits per heavy atom. The van der Waals surface area contributed by atoms with E-state index in [1.165, 1.54) is 18.2 Å². The average molecular weight is 492 g/mol. The van der Waals surface area contributed by atoms with Gasteiger partial charge in [-0.1, -0.05) is 37.6 Å². The third-order valence-electron chi connectivity index (χ3n) is 10.8. The number of ketones is 2. The van der Waals surface area contributed by atoms with Gasteiger partial charge in [-0.25, -0.2) is 0 Å². The molecule has 36 heavy (non-hydrogen) atoms. The molecular weight excluding hydrogens is 450 g/mol. The molecule has 7 atom stereocenters. The van der Waals surface area contributed by atoms with E-state index < -0.39 is 5.60 Å². The van der Waals surface area contributed by atoms with E-state index in [-0.39, 0.29) is 34.3 Å². The van der Waals surface area contributed by atoms with Crippen molar-refractivity contribution in [2.45, 2.75) is 78.2 Å². The lowest BCUT2D eigenvalue weighted by Crippen LogP contribution is -2.59. The molecule has 5 nitrogen and oxygen atoms in total. The van der Waals surface area contributed by atoms with E-state index in [0.29, 0.717) is 30.6 Å². The van der Waals surface area contributed by atoms with Crippen molar-refractivity contribution in [3.63, 3.8) is 0 Å². The van der Waals surface area contributed by atoms with Gasteiger partial charge in [0.05, 0.1) is 0 Å². The first-order valence-corrected chi connectivity index (χ1v) is 13.7. The molecule has 5 heteroatoms. The summed E-state index contributed by atoms with van der Waals surface area (Å²) >= 11 is 0. The van der Waals surface area contributed by atoms with E-state index in [0.717, 1.165) is 38.6 Å². The van der Waals surface area contributed by atoms with Gasteiger partial charge < -0.3 is 9.64 Å². The Morgan fingerprint density at radius 1 is 1.03 bits per heavy atom. The van der Waals surface area contributed by atoms with Crippen LogP contribution < -0.4 is 4.90 Å². The molecule has 194 valence electrons. The number of anilines is 1. The number of rotatable bonds is 5. The molecule has 0 aliphatic heterocycles. The van der Waals surface area contributed by atoms with Gasteiger partial charge in [0.1, 0.15) is 0 Å². The van der Waals surface area contributed by atoms with E-state index in [4.69, 9.17) is 4.74 Å². The Bertz CT molecular complexity index is 1100. The van der Waals surface area contributed by atoms with Gasteiger partial charge in [0.25, 0.3) is 0 Å². The minimum Gasteiger partial charge on any atom is -0.451 e. The monoisotopic (exact) mass is 491 g/mol. The van der Waals surface area contributed by atoms with Crippen LogP contribution in [0.4, 0.5) is 5.69 Å². The standard InChI is InChI=1S/C31H41NO4/c1-20(33)31(36-21(2)34)16-13-27-25-17-22(19-32(5)23-9-7-6-8-10-23)28-18-24(35)11-14-29(28,3)26(25)12-15-30(27,31)4/h6-10,18,22,25-27H,11-17,19H2,1-5H3/t22-,25+,26-,27-,29+,30-,31+/m0/s1. The second-order valence-electron chi connectivity index (χ2n) is 12.5. The fraction of sp³-hybridized carbons (Fsp3) is 0.645. The van der Waals surface area contributed by atoms with Gasteiger partial charge in [0, 0.05) is 38.0 Å². The Hall–Kier alpha value is -2.43. The SMILES string of the molecule is CC(=O)O[C@@]1(C(C)=O)CC[C@H]2[C@@H]3C[C@@H](CN(C)c4ccccc4)C4=CC(=O)CC[C@]4(C)[C@H]3CC[C@@]21C. The number of hydrogen-bond acceptors (Lipinski definition) is 5. The van der Waals surface area contributed by atoms with Crippen molar-refractivity contribution in [1.29, 1.82) is 0 Å². The van der Waals surface area contributed by atoms with E-state index in [2.05, 4.69) is 50.1 Å². The smallest absolute Gasteiger partial charge is 0.303 e. The maximum absolute atomic E-state index is 13.1. The molecule has 0 bridgehead atoms. The van der Waals surface area contributed by atoms with Gasteiger partial charge in [0.15, 0.2) is 17.2 Å². The van der Waals surface area contributed by atoms with E-state index in [1.54, 1.807) is 6.92 Å². The molecule has 4 aliphatic carbocycles. The Balaban J connectivity index is 1.52. The van der Waals surface area contributed by atoms with Crippen molar-refractivity contribution in [3.05, 3.63) is 42.0 Å². The molecule has 0 N–H and O–H groups in total. The first-order valence-electron chi connectivity index (χ1n) is 13.7. The highest BCUT2D eigenvalue weighted by atomic mass is 16.6. The fourth-order valence-corrected chi connectivity index (χ4v) is 9.14. The molecule has 4 aliphatic rings. The number of carbonyl (C=O) groups is 3. The van der Waals surface area contributed by atoms with Crippen LogP contribution in [-0.4, -0.2) is 36.7 Å². The number of benzene rings is 1. The van der Waals surface area contributed by atoms with Crippen LogP contribution in [0.15, 0.2) is 42.0 Å². The van der Waals surface area contributed by atoms with Crippen molar-refractivity contribution in [3.8, 4) is 0 Å².